The van der Waals surface area contributed by atoms with Crippen LogP contribution in [0.3, 0.4) is 0 Å². The van der Waals surface area contributed by atoms with Crippen LogP contribution in [0.1, 0.15) is 23.6 Å². The summed E-state index contributed by atoms with van der Waals surface area (Å²) in [6.45, 7) is -0.304. The monoisotopic (exact) mass is 676 g/mol. The molecule has 0 amide bonds. The van der Waals surface area contributed by atoms with Crippen molar-refractivity contribution in [2.45, 2.75) is 23.3 Å². The molecule has 4 atom stereocenters. The van der Waals surface area contributed by atoms with Crippen LogP contribution in [0.4, 0.5) is 20.4 Å². The molecule has 6 heterocycles. The zero-order chi connectivity index (χ0) is 33.1. The number of hydrogen-bond acceptors (Lipinski definition) is 14. The van der Waals surface area contributed by atoms with Crippen LogP contribution in [-0.2, 0) is 9.47 Å². The van der Waals surface area contributed by atoms with Gasteiger partial charge in [-0.3, -0.25) is 19.1 Å². The summed E-state index contributed by atoms with van der Waals surface area (Å²) in [5, 5.41) is 17.7. The van der Waals surface area contributed by atoms with Crippen LogP contribution in [-0.4, -0.2) is 74.9 Å². The number of pyridine rings is 2. The molecule has 6 rings (SSSR count). The van der Waals surface area contributed by atoms with E-state index in [1.807, 2.05) is 24.3 Å². The quantitative estimate of drug-likeness (QED) is 0.230. The molecule has 0 bridgehead atoms. The van der Waals surface area contributed by atoms with E-state index in [2.05, 4.69) is 32.1 Å². The molecule has 18 heteroatoms. The number of rotatable bonds is 6. The van der Waals surface area contributed by atoms with Crippen LogP contribution in [0.2, 0.25) is 0 Å². The predicted molar refractivity (Wildman–Crippen MR) is 170 cm³/mol. The van der Waals surface area contributed by atoms with Crippen LogP contribution in [0.5, 0.6) is 0 Å². The number of ether oxygens (including phenoxy) is 2. The summed E-state index contributed by atoms with van der Waals surface area (Å²) in [6.07, 6.45) is 11.9. The maximum Gasteiger partial charge on any atom is 0.351 e. The average Bonchev–Trinajstić information content (AvgIpc) is 3.75. The highest BCUT2D eigenvalue weighted by atomic mass is 32.2. The van der Waals surface area contributed by atoms with Gasteiger partial charge in [0.1, 0.15) is 23.3 Å². The number of nitrogens with two attached hydrogens (primary N) is 2. The van der Waals surface area contributed by atoms with Crippen LogP contribution in [0.25, 0.3) is 12.2 Å². The first-order valence-electron chi connectivity index (χ1n) is 13.5. The fourth-order valence-electron chi connectivity index (χ4n) is 3.84. The number of anilines is 2. The van der Waals surface area contributed by atoms with Gasteiger partial charge in [0.05, 0.1) is 25.6 Å². The lowest BCUT2D eigenvalue weighted by Crippen LogP contribution is -2.29. The Morgan fingerprint density at radius 2 is 1.13 bits per heavy atom. The van der Waals surface area contributed by atoms with E-state index < -0.39 is 58.0 Å². The van der Waals surface area contributed by atoms with Gasteiger partial charge in [-0.1, -0.05) is 12.2 Å². The number of nitrogens with zero attached hydrogens (tertiary/aromatic N) is 6. The van der Waals surface area contributed by atoms with Gasteiger partial charge in [-0.2, -0.15) is 9.97 Å². The highest BCUT2D eigenvalue weighted by Crippen LogP contribution is 2.31. The molecular weight excluding hydrogens is 646 g/mol. The standard InChI is InChI=1S/C12H10N2.2C8H10FN3O3S/c1(11-3-7-13-8-4-11)2-12-5-9-14-10-6-12;2*9-4-1-12(8(14)11-7(4)10)5-3-16-6(2-13)15-5/h1-10H;2*1,5-6,13H,2-3H2,(H2,10,11,14)/b2-1+;;/t;2*5-,6+/m.00/s1. The number of aromatic nitrogens is 6. The molecule has 2 saturated heterocycles. The van der Waals surface area contributed by atoms with Crippen molar-refractivity contribution in [1.29, 1.82) is 0 Å². The van der Waals surface area contributed by atoms with Crippen molar-refractivity contribution < 1.29 is 28.5 Å². The summed E-state index contributed by atoms with van der Waals surface area (Å²) in [7, 11) is 0. The van der Waals surface area contributed by atoms with Gasteiger partial charge in [-0.05, 0) is 35.4 Å². The third kappa shape index (κ3) is 9.65. The van der Waals surface area contributed by atoms with Crippen molar-refractivity contribution >= 4 is 47.3 Å². The summed E-state index contributed by atoms with van der Waals surface area (Å²) in [6, 6.07) is 7.88. The fourth-order valence-corrected chi connectivity index (χ4v) is 5.70. The zero-order valence-corrected chi connectivity index (χ0v) is 25.6. The summed E-state index contributed by atoms with van der Waals surface area (Å²) in [5.74, 6) is -1.47. The Balaban J connectivity index is 0.000000157. The van der Waals surface area contributed by atoms with Crippen LogP contribution in [0.15, 0.2) is 71.0 Å². The fraction of sp³-hybridized carbons (Fsp3) is 0.286. The van der Waals surface area contributed by atoms with Gasteiger partial charge >= 0.3 is 11.4 Å². The van der Waals surface area contributed by atoms with Gasteiger partial charge in [0.25, 0.3) is 0 Å². The molecule has 2 aliphatic rings. The Labute approximate surface area is 269 Å². The predicted octanol–water partition coefficient (Wildman–Crippen LogP) is 1.74. The molecule has 0 saturated carbocycles. The average molecular weight is 677 g/mol. The Morgan fingerprint density at radius 3 is 1.46 bits per heavy atom. The molecule has 14 nitrogen and oxygen atoms in total. The van der Waals surface area contributed by atoms with Crippen molar-refractivity contribution in [1.82, 2.24) is 29.1 Å². The lowest BCUT2D eigenvalue weighted by atomic mass is 10.2. The SMILES string of the molecule is C(=C\c1ccncc1)/c1ccncc1.Nc1nc(=O)n([C@@H]2CS[C@H](CO)O2)cc1F.Nc1nc(=O)n([C@@H]2CS[C@H](CO)O2)cc1F. The first-order chi connectivity index (χ1) is 22.2. The van der Waals surface area contributed by atoms with E-state index >= 15 is 0 Å². The van der Waals surface area contributed by atoms with E-state index in [4.69, 9.17) is 31.2 Å². The molecule has 244 valence electrons. The maximum absolute atomic E-state index is 13.1. The third-order valence-corrected chi connectivity index (χ3v) is 8.35. The lowest BCUT2D eigenvalue weighted by molar-refractivity contribution is -0.00681. The molecule has 0 aliphatic carbocycles. The smallest absolute Gasteiger partial charge is 0.351 e. The maximum atomic E-state index is 13.1. The third-order valence-electron chi connectivity index (χ3n) is 6.13. The van der Waals surface area contributed by atoms with Crippen molar-refractivity contribution in [3.63, 3.8) is 0 Å². The molecule has 46 heavy (non-hydrogen) atoms. The minimum Gasteiger partial charge on any atom is -0.393 e. The molecule has 6 N–H and O–H groups in total. The van der Waals surface area contributed by atoms with Crippen molar-refractivity contribution in [2.75, 3.05) is 36.2 Å². The second-order valence-electron chi connectivity index (χ2n) is 9.29. The minimum absolute atomic E-state index is 0.152. The number of halogens is 2. The van der Waals surface area contributed by atoms with Gasteiger partial charge in [-0.15, -0.1) is 23.5 Å². The molecule has 0 spiro atoms. The van der Waals surface area contributed by atoms with Crippen LogP contribution < -0.4 is 22.8 Å². The topological polar surface area (TPSA) is 207 Å². The van der Waals surface area contributed by atoms with E-state index in [0.717, 1.165) is 32.7 Å². The van der Waals surface area contributed by atoms with E-state index in [-0.39, 0.29) is 13.2 Å². The number of thioether (sulfide) groups is 2. The molecule has 0 unspecified atom stereocenters. The summed E-state index contributed by atoms with van der Waals surface area (Å²) in [4.78, 5) is 37.4. The van der Waals surface area contributed by atoms with Gasteiger partial charge in [0, 0.05) is 36.3 Å². The molecule has 2 aliphatic heterocycles. The van der Waals surface area contributed by atoms with Crippen LogP contribution >= 0.6 is 23.5 Å². The summed E-state index contributed by atoms with van der Waals surface area (Å²) >= 11 is 2.70. The number of nitrogen functional groups attached to an aromatic ring is 2. The lowest BCUT2D eigenvalue weighted by Gasteiger charge is -2.13. The van der Waals surface area contributed by atoms with Crippen molar-refractivity contribution in [3.05, 3.63) is 105 Å². The van der Waals surface area contributed by atoms with Crippen LogP contribution in [0, 0.1) is 11.6 Å². The highest BCUT2D eigenvalue weighted by Gasteiger charge is 2.29. The number of aliphatic hydroxyl groups excluding tert-OH is 2. The van der Waals surface area contributed by atoms with Crippen molar-refractivity contribution in [2.24, 2.45) is 0 Å². The summed E-state index contributed by atoms with van der Waals surface area (Å²) in [5.41, 5.74) is 10.5. The van der Waals surface area contributed by atoms with Gasteiger partial charge in [0.2, 0.25) is 0 Å². The molecule has 2 fully saturated rings. The van der Waals surface area contributed by atoms with Crippen molar-refractivity contribution in [3.8, 4) is 0 Å². The van der Waals surface area contributed by atoms with E-state index in [1.165, 1.54) is 23.5 Å². The van der Waals surface area contributed by atoms with Gasteiger partial charge in [0.15, 0.2) is 23.3 Å². The second-order valence-corrected chi connectivity index (χ2v) is 11.7. The molecular formula is C28H30F2N8O6S2. The highest BCUT2D eigenvalue weighted by molar-refractivity contribution is 8.00. The Kier molecular flexibility index (Phi) is 12.8. The number of aliphatic hydroxyl groups is 2. The molecule has 4 aromatic heterocycles. The van der Waals surface area contributed by atoms with E-state index in [0.29, 0.717) is 11.5 Å². The molecule has 4 aromatic rings. The normalized spacial score (nSPS) is 20.5. The second kappa shape index (κ2) is 16.9. The summed E-state index contributed by atoms with van der Waals surface area (Å²) < 4.78 is 38.9. The molecule has 0 radical (unpaired) electrons. The van der Waals surface area contributed by atoms with Gasteiger partial charge in [-0.25, -0.2) is 18.4 Å². The van der Waals surface area contributed by atoms with E-state index in [9.17, 15) is 18.4 Å². The first kappa shape index (κ1) is 34.7. The van der Waals surface area contributed by atoms with E-state index in [1.54, 1.807) is 24.8 Å². The Morgan fingerprint density at radius 1 is 0.761 bits per heavy atom. The number of hydrogen-bond donors (Lipinski definition) is 4. The molecule has 0 aromatic carbocycles. The van der Waals surface area contributed by atoms with Gasteiger partial charge < -0.3 is 31.2 Å². The zero-order valence-electron chi connectivity index (χ0n) is 24.0. The Hall–Kier alpha value is -4.20. The Bertz CT molecular complexity index is 1590. The first-order valence-corrected chi connectivity index (χ1v) is 15.6. The largest absolute Gasteiger partial charge is 0.393 e. The minimum atomic E-state index is -0.763.